The summed E-state index contributed by atoms with van der Waals surface area (Å²) in [5.41, 5.74) is -3.16. The monoisotopic (exact) mass is 1700 g/mol. The lowest BCUT2D eigenvalue weighted by atomic mass is 9.81. The van der Waals surface area contributed by atoms with Gasteiger partial charge in [-0.1, -0.05) is 55.3 Å². The van der Waals surface area contributed by atoms with Crippen LogP contribution < -0.4 is 37.2 Å². The zero-order valence-electron chi connectivity index (χ0n) is 74.5. The summed E-state index contributed by atoms with van der Waals surface area (Å²) in [7, 11) is 1.17. The second kappa shape index (κ2) is 49.6. The van der Waals surface area contributed by atoms with Gasteiger partial charge in [0.05, 0.1) is 40.0 Å². The summed E-state index contributed by atoms with van der Waals surface area (Å²) in [5.74, 6) is -7.72. The summed E-state index contributed by atoms with van der Waals surface area (Å²) >= 11 is 0. The Kier molecular flexibility index (Phi) is 41.9. The van der Waals surface area contributed by atoms with Gasteiger partial charge in [0.15, 0.2) is 0 Å². The van der Waals surface area contributed by atoms with Crippen molar-refractivity contribution >= 4 is 99.9 Å². The van der Waals surface area contributed by atoms with Crippen LogP contribution in [0.3, 0.4) is 0 Å². The Bertz CT molecular complexity index is 3780. The van der Waals surface area contributed by atoms with Crippen molar-refractivity contribution in [3.63, 3.8) is 0 Å². The smallest absolute Gasteiger partial charge is 0.333 e. The maximum absolute atomic E-state index is 14.3. The first-order valence-corrected chi connectivity index (χ1v) is 42.8. The number of urea groups is 1. The molecule has 3 aliphatic rings. The zero-order chi connectivity index (χ0) is 89.8. The lowest BCUT2D eigenvalue weighted by Gasteiger charge is -2.32. The molecule has 2 aliphatic heterocycles. The molecule has 2 heterocycles. The van der Waals surface area contributed by atoms with Crippen LogP contribution in [0.1, 0.15) is 238 Å². The predicted molar refractivity (Wildman–Crippen MR) is 449 cm³/mol. The molecular weight excluding hydrogens is 1570 g/mol. The molecule has 1 saturated carbocycles. The summed E-state index contributed by atoms with van der Waals surface area (Å²) in [4.78, 5) is 212. The SMILES string of the molecule is COC(=O)C(CCCCNC(=O)C(Cc1ccc2ccccc2c1)NC(=O)C1CCC(CNC(=O)C(CCCCNC(=O)CN2CCN(CC(=O)OC(C)(C)C)CCN(CC(=O)OC(C)(C)C)CCN(CC(=O)OC(C)(C)C)C2)NC(=O)CCCCCCC(=O)ON2C(=O)CCC2=O)CC1)NC(=O)NC(CCC(=O)OC(C)(C)C)C(=O)OC(C)(C)C. The fourth-order valence-electron chi connectivity index (χ4n) is 13.9. The number of methoxy groups -OCH3 is 1. The second-order valence-electron chi connectivity index (χ2n) is 36.6. The van der Waals surface area contributed by atoms with Crippen molar-refractivity contribution in [1.29, 1.82) is 0 Å². The van der Waals surface area contributed by atoms with Gasteiger partial charge in [-0.3, -0.25) is 72.3 Å². The average Bonchev–Trinajstić information content (AvgIpc) is 1.35. The highest BCUT2D eigenvalue weighted by molar-refractivity contribution is 6.01. The highest BCUT2D eigenvalue weighted by Gasteiger charge is 2.36. The van der Waals surface area contributed by atoms with Crippen LogP contribution in [0, 0.1) is 11.8 Å². The minimum Gasteiger partial charge on any atom is -0.467 e. The zero-order valence-corrected chi connectivity index (χ0v) is 74.5. The topological polar surface area (TPSA) is 421 Å². The third kappa shape index (κ3) is 42.8. The fraction of sp³-hybridized carbons (Fsp3) is 0.713. The molecule has 34 heteroatoms. The number of benzene rings is 2. The van der Waals surface area contributed by atoms with Crippen LogP contribution in [0.4, 0.5) is 4.79 Å². The summed E-state index contributed by atoms with van der Waals surface area (Å²) in [6, 6.07) is 8.32. The molecule has 9 amide bonds. The number of fused-ring (bicyclic) bond motifs is 1. The molecule has 4 unspecified atom stereocenters. The number of nitrogens with zero attached hydrogens (tertiary/aromatic N) is 5. The molecule has 121 heavy (non-hydrogen) atoms. The quantitative estimate of drug-likeness (QED) is 0.0158. The number of carbonyl (C=O) groups is 15. The molecule has 0 spiro atoms. The molecule has 2 aromatic rings. The lowest BCUT2D eigenvalue weighted by Crippen LogP contribution is -2.52. The number of esters is 6. The van der Waals surface area contributed by atoms with E-state index in [9.17, 15) is 71.9 Å². The Morgan fingerprint density at radius 2 is 0.893 bits per heavy atom. The number of nitrogens with one attached hydrogen (secondary N) is 7. The molecule has 34 nitrogen and oxygen atoms in total. The van der Waals surface area contributed by atoms with Gasteiger partial charge in [0.25, 0.3) is 11.8 Å². The first-order chi connectivity index (χ1) is 56.7. The molecule has 2 saturated heterocycles. The average molecular weight is 1700 g/mol. The van der Waals surface area contributed by atoms with E-state index < -0.39 is 130 Å². The van der Waals surface area contributed by atoms with Crippen LogP contribution in [0.2, 0.25) is 0 Å². The van der Waals surface area contributed by atoms with Crippen molar-refractivity contribution < 1.29 is 105 Å². The highest BCUT2D eigenvalue weighted by atomic mass is 16.7. The van der Waals surface area contributed by atoms with Gasteiger partial charge in [0.1, 0.15) is 52.2 Å². The molecule has 1 aliphatic carbocycles. The molecule has 3 fully saturated rings. The first kappa shape index (κ1) is 102. The van der Waals surface area contributed by atoms with Crippen LogP contribution in [-0.4, -0.2) is 265 Å². The van der Waals surface area contributed by atoms with E-state index in [1.54, 1.807) is 104 Å². The Hall–Kier alpha value is -9.41. The maximum Gasteiger partial charge on any atom is 0.333 e. The van der Waals surface area contributed by atoms with E-state index >= 15 is 0 Å². The number of amides is 9. The maximum atomic E-state index is 14.3. The van der Waals surface area contributed by atoms with Gasteiger partial charge in [-0.25, -0.2) is 19.2 Å². The Labute approximate surface area is 713 Å². The van der Waals surface area contributed by atoms with E-state index in [-0.39, 0.29) is 134 Å². The lowest BCUT2D eigenvalue weighted by molar-refractivity contribution is -0.197. The minimum absolute atomic E-state index is 0.0242. The third-order valence-corrected chi connectivity index (χ3v) is 19.6. The van der Waals surface area contributed by atoms with Gasteiger partial charge in [0.2, 0.25) is 29.5 Å². The van der Waals surface area contributed by atoms with Crippen LogP contribution in [-0.2, 0) is 107 Å². The van der Waals surface area contributed by atoms with E-state index in [0.29, 0.717) is 121 Å². The predicted octanol–water partition coefficient (Wildman–Crippen LogP) is 6.67. The van der Waals surface area contributed by atoms with Crippen molar-refractivity contribution in [3.05, 3.63) is 48.0 Å². The van der Waals surface area contributed by atoms with Gasteiger partial charge < -0.3 is 70.5 Å². The minimum atomic E-state index is -1.27. The van der Waals surface area contributed by atoms with Crippen LogP contribution >= 0.6 is 0 Å². The normalized spacial score (nSPS) is 17.4. The van der Waals surface area contributed by atoms with Crippen LogP contribution in [0.15, 0.2) is 42.5 Å². The second-order valence-corrected chi connectivity index (χ2v) is 36.6. The number of imide groups is 1. The first-order valence-electron chi connectivity index (χ1n) is 42.8. The van der Waals surface area contributed by atoms with Gasteiger partial charge in [-0.15, -0.1) is 5.06 Å². The number of hydroxylamine groups is 2. The molecule has 0 aromatic heterocycles. The van der Waals surface area contributed by atoms with E-state index in [1.165, 1.54) is 7.11 Å². The molecule has 0 bridgehead atoms. The van der Waals surface area contributed by atoms with Gasteiger partial charge in [-0.2, -0.15) is 0 Å². The van der Waals surface area contributed by atoms with Crippen LogP contribution in [0.5, 0.6) is 0 Å². The fourth-order valence-corrected chi connectivity index (χ4v) is 13.9. The molecular formula is C87H138N12O22. The standard InChI is InChI=1S/C87H138N12O22/c1-83(2,3)116-72(104)42-39-66(81(113)120-87(13,14)15)94-82(114)93-65(80(112)115-16)30-24-26-44-89-79(111)67(52-60-35-36-61-27-21-22-28-63(61)51-60)92-77(109)62-37-33-59(34-38-62)53-90-78(110)64(91-68(100)31-19-17-18-20-32-73(105)121-99-70(102)40-41-71(99)103)29-23-25-43-88-69(101)54-97-49-47-95(55-74(106)117-84(4,5)6)45-46-96(56-75(107)118-85(7,8)9)48-50-98(58-97)57-76(108)119-86(10,11)12/h21-22,27-28,35-36,51,59,62,64-67H,17-20,23-26,29-34,37-50,52-58H2,1-16H3,(H,88,101)(H,89,111)(H,90,110)(H,91,100)(H,92,109)(H2,93,94,114). The van der Waals surface area contributed by atoms with Crippen molar-refractivity contribution in [1.82, 2.24) is 61.9 Å². The summed E-state index contributed by atoms with van der Waals surface area (Å²) in [5, 5.41) is 22.5. The largest absolute Gasteiger partial charge is 0.467 e. The third-order valence-electron chi connectivity index (χ3n) is 19.6. The molecule has 5 rings (SSSR count). The number of unbranched alkanes of at least 4 members (excludes halogenated alkanes) is 5. The molecule has 4 atom stereocenters. The molecule has 2 aromatic carbocycles. The van der Waals surface area contributed by atoms with Gasteiger partial charge in [-0.05, 0) is 210 Å². The van der Waals surface area contributed by atoms with Gasteiger partial charge >= 0.3 is 47.8 Å². The van der Waals surface area contributed by atoms with Gasteiger partial charge in [0, 0.05) is 103 Å². The number of rotatable bonds is 42. The Morgan fingerprint density at radius 3 is 1.43 bits per heavy atom. The van der Waals surface area contributed by atoms with E-state index in [1.807, 2.05) is 62.1 Å². The Morgan fingerprint density at radius 1 is 0.421 bits per heavy atom. The molecule has 678 valence electrons. The number of ether oxygens (including phenoxy) is 6. The summed E-state index contributed by atoms with van der Waals surface area (Å²) < 4.78 is 33.0. The van der Waals surface area contributed by atoms with E-state index in [4.69, 9.17) is 33.3 Å². The molecule has 0 radical (unpaired) electrons. The van der Waals surface area contributed by atoms with E-state index in [2.05, 4.69) is 37.2 Å². The molecule has 7 N–H and O–H groups in total. The van der Waals surface area contributed by atoms with Crippen molar-refractivity contribution in [2.45, 2.75) is 291 Å². The number of hydrogen-bond donors (Lipinski definition) is 7. The number of hydrogen-bond acceptors (Lipinski definition) is 26. The van der Waals surface area contributed by atoms with Crippen molar-refractivity contribution in [2.24, 2.45) is 11.8 Å². The van der Waals surface area contributed by atoms with Crippen molar-refractivity contribution in [3.8, 4) is 0 Å². The number of carbonyl (C=O) groups excluding carboxylic acids is 15. The highest BCUT2D eigenvalue weighted by Crippen LogP contribution is 2.30. The summed E-state index contributed by atoms with van der Waals surface area (Å²) in [6.07, 6.45) is 5.45. The Balaban J connectivity index is 1.21. The van der Waals surface area contributed by atoms with Crippen LogP contribution in [0.25, 0.3) is 10.8 Å². The van der Waals surface area contributed by atoms with Crippen molar-refractivity contribution in [2.75, 3.05) is 98.9 Å². The summed E-state index contributed by atoms with van der Waals surface area (Å²) in [6.45, 7) is 28.5. The van der Waals surface area contributed by atoms with E-state index in [0.717, 1.165) is 16.3 Å².